The molecule has 26 heavy (non-hydrogen) atoms. The second kappa shape index (κ2) is 8.00. The molecule has 2 amide bonds. The summed E-state index contributed by atoms with van der Waals surface area (Å²) in [6.45, 7) is 7.36. The number of rotatable bonds is 6. The van der Waals surface area contributed by atoms with Crippen molar-refractivity contribution in [3.8, 4) is 0 Å². The van der Waals surface area contributed by atoms with E-state index in [0.717, 1.165) is 11.3 Å². The molecule has 0 unspecified atom stereocenters. The van der Waals surface area contributed by atoms with Crippen molar-refractivity contribution in [2.45, 2.75) is 40.3 Å². The summed E-state index contributed by atoms with van der Waals surface area (Å²) in [5.41, 5.74) is 6.20. The van der Waals surface area contributed by atoms with Crippen LogP contribution in [0, 0.1) is 6.92 Å². The van der Waals surface area contributed by atoms with Gasteiger partial charge < -0.3 is 15.8 Å². The van der Waals surface area contributed by atoms with Crippen LogP contribution in [0.15, 0.2) is 10.7 Å². The van der Waals surface area contributed by atoms with E-state index in [1.807, 2.05) is 6.92 Å². The Morgan fingerprint density at radius 3 is 2.62 bits per heavy atom. The zero-order chi connectivity index (χ0) is 19.6. The van der Waals surface area contributed by atoms with Gasteiger partial charge in [-0.05, 0) is 49.2 Å². The lowest BCUT2D eigenvalue weighted by atomic mass is 10.1. The van der Waals surface area contributed by atoms with Crippen molar-refractivity contribution < 1.29 is 19.1 Å². The van der Waals surface area contributed by atoms with Crippen LogP contribution in [0.2, 0.25) is 0 Å². The average Bonchev–Trinajstić information content (AvgIpc) is 3.06. The summed E-state index contributed by atoms with van der Waals surface area (Å²) in [6, 6.07) is 0. The molecule has 0 spiro atoms. The molecule has 0 saturated carbocycles. The monoisotopic (exact) mass is 442 g/mol. The standard InChI is InChI=1S/C16H19BrN4O4S/c1-5-21-11(9(17)6-19-21)14(23)20-15-10(16(24)25-7(2)3)8(4)12(26-15)13(18)22/h6-7H,5H2,1-4H3,(H2,18,22)(H,20,23). The number of primary amides is 1. The number of anilines is 1. The summed E-state index contributed by atoms with van der Waals surface area (Å²) in [4.78, 5) is 37.0. The van der Waals surface area contributed by atoms with E-state index in [9.17, 15) is 14.4 Å². The molecule has 10 heteroatoms. The molecule has 0 fully saturated rings. The molecule has 2 heterocycles. The van der Waals surface area contributed by atoms with Crippen LogP contribution >= 0.6 is 27.3 Å². The van der Waals surface area contributed by atoms with Crippen molar-refractivity contribution >= 4 is 50.1 Å². The highest BCUT2D eigenvalue weighted by molar-refractivity contribution is 9.10. The van der Waals surface area contributed by atoms with E-state index >= 15 is 0 Å². The molecule has 0 atom stereocenters. The molecule has 3 N–H and O–H groups in total. The van der Waals surface area contributed by atoms with Crippen LogP contribution in [0.25, 0.3) is 0 Å². The Labute approximate surface area is 162 Å². The van der Waals surface area contributed by atoms with E-state index in [1.54, 1.807) is 20.8 Å². The normalized spacial score (nSPS) is 10.8. The maximum Gasteiger partial charge on any atom is 0.341 e. The SMILES string of the molecule is CCn1ncc(Br)c1C(=O)Nc1sc(C(N)=O)c(C)c1C(=O)OC(C)C. The topological polar surface area (TPSA) is 116 Å². The van der Waals surface area contributed by atoms with Gasteiger partial charge in [-0.25, -0.2) is 4.79 Å². The maximum atomic E-state index is 12.7. The number of carbonyl (C=O) groups is 3. The fourth-order valence-corrected chi connectivity index (χ4v) is 3.86. The number of hydrogen-bond donors (Lipinski definition) is 2. The first-order valence-corrected chi connectivity index (χ1v) is 9.45. The summed E-state index contributed by atoms with van der Waals surface area (Å²) in [6.07, 6.45) is 1.17. The van der Waals surface area contributed by atoms with Gasteiger partial charge in [0.25, 0.3) is 11.8 Å². The van der Waals surface area contributed by atoms with Crippen molar-refractivity contribution in [2.24, 2.45) is 5.73 Å². The molecule has 0 saturated heterocycles. The van der Waals surface area contributed by atoms with E-state index in [4.69, 9.17) is 10.5 Å². The van der Waals surface area contributed by atoms with Crippen LogP contribution in [0.3, 0.4) is 0 Å². The lowest BCUT2D eigenvalue weighted by Crippen LogP contribution is -2.20. The minimum Gasteiger partial charge on any atom is -0.459 e. The van der Waals surface area contributed by atoms with Crippen LogP contribution in [-0.4, -0.2) is 33.7 Å². The molecular weight excluding hydrogens is 424 g/mol. The van der Waals surface area contributed by atoms with E-state index < -0.39 is 17.8 Å². The smallest absolute Gasteiger partial charge is 0.341 e. The van der Waals surface area contributed by atoms with Crippen molar-refractivity contribution in [1.29, 1.82) is 0 Å². The second-order valence-electron chi connectivity index (χ2n) is 5.69. The van der Waals surface area contributed by atoms with Crippen molar-refractivity contribution in [1.82, 2.24) is 9.78 Å². The first kappa shape index (κ1) is 20.1. The van der Waals surface area contributed by atoms with Crippen LogP contribution < -0.4 is 11.1 Å². The predicted molar refractivity (Wildman–Crippen MR) is 102 cm³/mol. The van der Waals surface area contributed by atoms with Crippen molar-refractivity contribution in [3.63, 3.8) is 0 Å². The van der Waals surface area contributed by atoms with Gasteiger partial charge in [-0.1, -0.05) is 0 Å². The van der Waals surface area contributed by atoms with Crippen molar-refractivity contribution in [3.05, 3.63) is 32.4 Å². The number of halogens is 1. The van der Waals surface area contributed by atoms with Crippen LogP contribution in [0.4, 0.5) is 5.00 Å². The Kier molecular flexibility index (Phi) is 6.19. The highest BCUT2D eigenvalue weighted by atomic mass is 79.9. The molecular formula is C16H19BrN4O4S. The van der Waals surface area contributed by atoms with Gasteiger partial charge in [-0.15, -0.1) is 11.3 Å². The minimum absolute atomic E-state index is 0.129. The third kappa shape index (κ3) is 3.96. The lowest BCUT2D eigenvalue weighted by molar-refractivity contribution is 0.0379. The third-order valence-corrected chi connectivity index (χ3v) is 5.26. The van der Waals surface area contributed by atoms with E-state index in [0.29, 0.717) is 22.3 Å². The Balaban J connectivity index is 2.46. The van der Waals surface area contributed by atoms with Crippen LogP contribution in [0.1, 0.15) is 56.9 Å². The molecule has 2 rings (SSSR count). The van der Waals surface area contributed by atoms with Gasteiger partial charge in [-0.2, -0.15) is 5.10 Å². The molecule has 140 valence electrons. The molecule has 0 aliphatic heterocycles. The van der Waals surface area contributed by atoms with Crippen LogP contribution in [-0.2, 0) is 11.3 Å². The van der Waals surface area contributed by atoms with Gasteiger partial charge in [0.15, 0.2) is 0 Å². The second-order valence-corrected chi connectivity index (χ2v) is 7.56. The molecule has 8 nitrogen and oxygen atoms in total. The molecule has 0 radical (unpaired) electrons. The number of aryl methyl sites for hydroxylation is 1. The number of nitrogens with two attached hydrogens (primary N) is 1. The average molecular weight is 443 g/mol. The van der Waals surface area contributed by atoms with Gasteiger partial charge in [0.05, 0.1) is 27.2 Å². The summed E-state index contributed by atoms with van der Waals surface area (Å²) < 4.78 is 7.26. The minimum atomic E-state index is -0.675. The van der Waals surface area contributed by atoms with Gasteiger partial charge >= 0.3 is 5.97 Å². The third-order valence-electron chi connectivity index (χ3n) is 3.45. The summed E-state index contributed by atoms with van der Waals surface area (Å²) in [5.74, 6) is -1.77. The highest BCUT2D eigenvalue weighted by Crippen LogP contribution is 2.34. The fraction of sp³-hybridized carbons (Fsp3) is 0.375. The number of carbonyl (C=O) groups excluding carboxylic acids is 3. The lowest BCUT2D eigenvalue weighted by Gasteiger charge is -2.11. The highest BCUT2D eigenvalue weighted by Gasteiger charge is 2.27. The van der Waals surface area contributed by atoms with Gasteiger partial charge in [0, 0.05) is 6.54 Å². The van der Waals surface area contributed by atoms with E-state index in [1.165, 1.54) is 10.9 Å². The molecule has 2 aromatic heterocycles. The zero-order valence-corrected chi connectivity index (χ0v) is 17.2. The number of ether oxygens (including phenoxy) is 1. The molecule has 0 aliphatic carbocycles. The maximum absolute atomic E-state index is 12.7. The van der Waals surface area contributed by atoms with Gasteiger partial charge in [0.2, 0.25) is 0 Å². The zero-order valence-electron chi connectivity index (χ0n) is 14.8. The number of nitrogens with zero attached hydrogens (tertiary/aromatic N) is 2. The van der Waals surface area contributed by atoms with Gasteiger partial charge in [-0.3, -0.25) is 14.3 Å². The number of esters is 1. The molecule has 0 aliphatic rings. The number of thiophene rings is 1. The van der Waals surface area contributed by atoms with E-state index in [-0.39, 0.29) is 21.5 Å². The summed E-state index contributed by atoms with van der Waals surface area (Å²) >= 11 is 4.23. The Morgan fingerprint density at radius 2 is 2.08 bits per heavy atom. The fourth-order valence-electron chi connectivity index (χ4n) is 2.35. The Morgan fingerprint density at radius 1 is 1.42 bits per heavy atom. The molecule has 0 aromatic carbocycles. The summed E-state index contributed by atoms with van der Waals surface area (Å²) in [5, 5.41) is 6.98. The number of amides is 2. The molecule has 0 bridgehead atoms. The molecule has 2 aromatic rings. The predicted octanol–water partition coefficient (Wildman–Crippen LogP) is 2.95. The number of aromatic nitrogens is 2. The van der Waals surface area contributed by atoms with Crippen molar-refractivity contribution in [2.75, 3.05) is 5.32 Å². The first-order valence-electron chi connectivity index (χ1n) is 7.84. The van der Waals surface area contributed by atoms with Crippen LogP contribution in [0.5, 0.6) is 0 Å². The quantitative estimate of drug-likeness (QED) is 0.666. The van der Waals surface area contributed by atoms with E-state index in [2.05, 4.69) is 26.3 Å². The summed E-state index contributed by atoms with van der Waals surface area (Å²) in [7, 11) is 0. The number of nitrogens with one attached hydrogen (secondary N) is 1. The largest absolute Gasteiger partial charge is 0.459 e. The Hall–Kier alpha value is -2.20. The number of hydrogen-bond acceptors (Lipinski definition) is 6. The first-order chi connectivity index (χ1) is 12.2. The Bertz CT molecular complexity index is 872. The van der Waals surface area contributed by atoms with Gasteiger partial charge in [0.1, 0.15) is 10.7 Å².